The summed E-state index contributed by atoms with van der Waals surface area (Å²) < 4.78 is 20.1. The summed E-state index contributed by atoms with van der Waals surface area (Å²) in [6, 6.07) is 14.0. The average molecular weight is 479 g/mol. The molecule has 5 rings (SSSR count). The smallest absolute Gasteiger partial charge is 0.323 e. The van der Waals surface area contributed by atoms with Crippen molar-refractivity contribution < 1.29 is 13.9 Å². The molecule has 0 aliphatic carbocycles. The molecule has 2 aromatic carbocycles. The number of anilines is 2. The highest BCUT2D eigenvalue weighted by Gasteiger charge is 2.42. The molecule has 1 aromatic heterocycles. The molecule has 35 heavy (non-hydrogen) atoms. The average Bonchev–Trinajstić information content (AvgIpc) is 3.43. The minimum atomic E-state index is -0.324. The Hall–Kier alpha value is -3.59. The molecule has 8 nitrogen and oxygen atoms in total. The van der Waals surface area contributed by atoms with Gasteiger partial charge in [0.05, 0.1) is 24.7 Å². The summed E-state index contributed by atoms with van der Waals surface area (Å²) in [6.07, 6.45) is 4.83. The molecule has 3 aromatic rings. The van der Waals surface area contributed by atoms with Crippen molar-refractivity contribution >= 4 is 17.5 Å². The minimum absolute atomic E-state index is 0.105. The maximum absolute atomic E-state index is 13.2. The van der Waals surface area contributed by atoms with Crippen LogP contribution >= 0.6 is 0 Å². The first-order chi connectivity index (χ1) is 16.9. The first-order valence-corrected chi connectivity index (χ1v) is 12.0. The number of hydrogen-bond donors (Lipinski definition) is 2. The van der Waals surface area contributed by atoms with Crippen molar-refractivity contribution in [2.75, 3.05) is 44.3 Å². The fourth-order valence-electron chi connectivity index (χ4n) is 5.31. The Kier molecular flexibility index (Phi) is 6.34. The van der Waals surface area contributed by atoms with Crippen molar-refractivity contribution in [2.24, 2.45) is 5.41 Å². The van der Waals surface area contributed by atoms with Crippen LogP contribution in [0.15, 0.2) is 54.7 Å². The summed E-state index contributed by atoms with van der Waals surface area (Å²) in [7, 11) is 1.69. The summed E-state index contributed by atoms with van der Waals surface area (Å²) in [5, 5.41) is 7.26. The predicted octanol–water partition coefficient (Wildman–Crippen LogP) is 4.12. The second kappa shape index (κ2) is 9.58. The third kappa shape index (κ3) is 5.09. The van der Waals surface area contributed by atoms with Crippen LogP contribution < -0.4 is 15.8 Å². The zero-order valence-electron chi connectivity index (χ0n) is 19.9. The number of nitrogens with two attached hydrogens (primary N) is 1. The summed E-state index contributed by atoms with van der Waals surface area (Å²) in [5.41, 5.74) is 8.46. The lowest BCUT2D eigenvalue weighted by Gasteiger charge is -2.40. The van der Waals surface area contributed by atoms with Gasteiger partial charge in [0, 0.05) is 31.6 Å². The van der Waals surface area contributed by atoms with E-state index in [1.165, 1.54) is 22.4 Å². The van der Waals surface area contributed by atoms with Crippen LogP contribution in [0.4, 0.5) is 20.7 Å². The molecule has 2 saturated heterocycles. The van der Waals surface area contributed by atoms with Gasteiger partial charge in [0.2, 0.25) is 0 Å². The zero-order valence-corrected chi connectivity index (χ0v) is 19.9. The maximum Gasteiger partial charge on any atom is 0.323 e. The second-order valence-corrected chi connectivity index (χ2v) is 9.62. The number of aromatic nitrogens is 2. The van der Waals surface area contributed by atoms with Gasteiger partial charge in [-0.2, -0.15) is 0 Å². The monoisotopic (exact) mass is 478 g/mol. The topological polar surface area (TPSA) is 88.7 Å². The molecule has 3 heterocycles. The highest BCUT2D eigenvalue weighted by atomic mass is 19.1. The van der Waals surface area contributed by atoms with Gasteiger partial charge in [-0.1, -0.05) is 12.1 Å². The third-order valence-corrected chi connectivity index (χ3v) is 7.07. The molecule has 2 aliphatic heterocycles. The van der Waals surface area contributed by atoms with Gasteiger partial charge in [0.1, 0.15) is 11.6 Å². The number of benzene rings is 2. The number of carbonyl (C=O) groups excluding carboxylic acids is 1. The zero-order chi connectivity index (χ0) is 24.4. The molecule has 2 fully saturated rings. The van der Waals surface area contributed by atoms with E-state index in [-0.39, 0.29) is 17.3 Å². The van der Waals surface area contributed by atoms with Crippen LogP contribution in [0.5, 0.6) is 5.75 Å². The lowest BCUT2D eigenvalue weighted by Crippen LogP contribution is -2.45. The number of amides is 2. The number of nitrogens with one attached hydrogen (secondary N) is 1. The van der Waals surface area contributed by atoms with E-state index in [0.29, 0.717) is 30.3 Å². The Morgan fingerprint density at radius 2 is 2.00 bits per heavy atom. The molecule has 184 valence electrons. The Morgan fingerprint density at radius 3 is 2.80 bits per heavy atom. The standard InChI is InChI=1S/C26H31FN6O2/c1-35-22-5-2-4-19(14-22)15-31-12-3-10-26(17-31)11-13-32(18-26)25(34)29-24-23(28)16-33(30-24)21-8-6-20(27)7-9-21/h2,4-9,14,16H,3,10-13,15,17-18,28H2,1H3,(H,29,30,34). The minimum Gasteiger partial charge on any atom is -0.497 e. The fourth-order valence-corrected chi connectivity index (χ4v) is 5.31. The second-order valence-electron chi connectivity index (χ2n) is 9.62. The Bertz CT molecular complexity index is 1200. The van der Waals surface area contributed by atoms with Crippen molar-refractivity contribution in [3.05, 3.63) is 66.1 Å². The van der Waals surface area contributed by atoms with E-state index in [4.69, 9.17) is 10.5 Å². The number of nitrogens with zero attached hydrogens (tertiary/aromatic N) is 4. The van der Waals surface area contributed by atoms with Crippen molar-refractivity contribution in [3.63, 3.8) is 0 Å². The summed E-state index contributed by atoms with van der Waals surface area (Å²) in [4.78, 5) is 17.4. The number of ether oxygens (including phenoxy) is 1. The van der Waals surface area contributed by atoms with E-state index in [1.807, 2.05) is 17.0 Å². The van der Waals surface area contributed by atoms with Gasteiger partial charge in [-0.15, -0.1) is 5.10 Å². The molecule has 9 heteroatoms. The summed E-state index contributed by atoms with van der Waals surface area (Å²) >= 11 is 0. The molecular formula is C26H31FN6O2. The van der Waals surface area contributed by atoms with Crippen molar-refractivity contribution in [1.29, 1.82) is 0 Å². The number of hydrogen-bond acceptors (Lipinski definition) is 5. The normalized spacial score (nSPS) is 20.3. The van der Waals surface area contributed by atoms with E-state index in [0.717, 1.165) is 44.6 Å². The lowest BCUT2D eigenvalue weighted by molar-refractivity contribution is 0.0905. The van der Waals surface area contributed by atoms with Crippen molar-refractivity contribution in [3.8, 4) is 11.4 Å². The van der Waals surface area contributed by atoms with Crippen LogP contribution in [-0.4, -0.2) is 58.9 Å². The van der Waals surface area contributed by atoms with Crippen LogP contribution in [-0.2, 0) is 6.54 Å². The molecular weight excluding hydrogens is 447 g/mol. The number of rotatable bonds is 5. The van der Waals surface area contributed by atoms with Crippen molar-refractivity contribution in [1.82, 2.24) is 19.6 Å². The number of likely N-dealkylation sites (tertiary alicyclic amines) is 2. The number of piperidine rings is 1. The predicted molar refractivity (Wildman–Crippen MR) is 133 cm³/mol. The molecule has 0 radical (unpaired) electrons. The molecule has 0 saturated carbocycles. The molecule has 2 amide bonds. The van der Waals surface area contributed by atoms with Gasteiger partial charge >= 0.3 is 6.03 Å². The van der Waals surface area contributed by atoms with Crippen LogP contribution in [0.2, 0.25) is 0 Å². The molecule has 2 aliphatic rings. The molecule has 1 spiro atoms. The lowest BCUT2D eigenvalue weighted by atomic mass is 9.79. The van der Waals surface area contributed by atoms with Crippen LogP contribution in [0.25, 0.3) is 5.69 Å². The quantitative estimate of drug-likeness (QED) is 0.576. The number of urea groups is 1. The first kappa shape index (κ1) is 23.2. The van der Waals surface area contributed by atoms with E-state index in [2.05, 4.69) is 27.4 Å². The van der Waals surface area contributed by atoms with Crippen molar-refractivity contribution in [2.45, 2.75) is 25.8 Å². The van der Waals surface area contributed by atoms with E-state index >= 15 is 0 Å². The highest BCUT2D eigenvalue weighted by molar-refractivity contribution is 5.91. The highest BCUT2D eigenvalue weighted by Crippen LogP contribution is 2.39. The van der Waals surface area contributed by atoms with Gasteiger partial charge in [-0.3, -0.25) is 10.2 Å². The summed E-state index contributed by atoms with van der Waals surface area (Å²) in [6.45, 7) is 4.32. The van der Waals surface area contributed by atoms with Gasteiger partial charge in [0.15, 0.2) is 5.82 Å². The van der Waals surface area contributed by atoms with Crippen LogP contribution in [0.1, 0.15) is 24.8 Å². The molecule has 0 bridgehead atoms. The Balaban J connectivity index is 1.21. The largest absolute Gasteiger partial charge is 0.497 e. The van der Waals surface area contributed by atoms with Crippen LogP contribution in [0.3, 0.4) is 0 Å². The maximum atomic E-state index is 13.2. The van der Waals surface area contributed by atoms with Gasteiger partial charge in [0.25, 0.3) is 0 Å². The van der Waals surface area contributed by atoms with Gasteiger partial charge in [-0.05, 0) is 67.8 Å². The number of nitrogen functional groups attached to an aromatic ring is 1. The number of halogens is 1. The van der Waals surface area contributed by atoms with E-state index in [1.54, 1.807) is 25.4 Å². The Morgan fingerprint density at radius 1 is 1.17 bits per heavy atom. The van der Waals surface area contributed by atoms with E-state index in [9.17, 15) is 9.18 Å². The molecule has 1 atom stereocenters. The number of methoxy groups -OCH3 is 1. The first-order valence-electron chi connectivity index (χ1n) is 12.0. The molecule has 3 N–H and O–H groups in total. The van der Waals surface area contributed by atoms with Crippen LogP contribution in [0, 0.1) is 11.2 Å². The third-order valence-electron chi connectivity index (χ3n) is 7.07. The number of carbonyl (C=O) groups is 1. The van der Waals surface area contributed by atoms with Gasteiger partial charge < -0.3 is 15.4 Å². The SMILES string of the molecule is COc1cccc(CN2CCCC3(CCN(C(=O)Nc4nn(-c5ccc(F)cc5)cc4N)C3)C2)c1. The Labute approximate surface area is 204 Å². The fraction of sp³-hybridized carbons (Fsp3) is 0.385. The molecule has 1 unspecified atom stereocenters. The van der Waals surface area contributed by atoms with Gasteiger partial charge in [-0.25, -0.2) is 13.9 Å². The summed E-state index contributed by atoms with van der Waals surface area (Å²) in [5.74, 6) is 0.859. The van der Waals surface area contributed by atoms with E-state index < -0.39 is 0 Å².